The lowest BCUT2D eigenvalue weighted by Gasteiger charge is -2.30. The number of piperidine rings is 1. The Hall–Kier alpha value is -3.06. The van der Waals surface area contributed by atoms with Crippen LogP contribution in [0.15, 0.2) is 36.4 Å². The zero-order valence-electron chi connectivity index (χ0n) is 21.0. The molecular formula is C27H39N5O2. The molecule has 2 aromatic rings. The van der Waals surface area contributed by atoms with E-state index in [-0.39, 0.29) is 11.9 Å². The smallest absolute Gasteiger partial charge is 0.323 e. The van der Waals surface area contributed by atoms with Gasteiger partial charge in [0.25, 0.3) is 5.91 Å². The van der Waals surface area contributed by atoms with Gasteiger partial charge in [-0.1, -0.05) is 19.9 Å². The van der Waals surface area contributed by atoms with Gasteiger partial charge in [-0.25, -0.2) is 4.79 Å². The molecule has 1 saturated heterocycles. The van der Waals surface area contributed by atoms with E-state index in [1.165, 1.54) is 12.0 Å². The average Bonchev–Trinajstić information content (AvgIpc) is 2.84. The summed E-state index contributed by atoms with van der Waals surface area (Å²) in [6.45, 7) is 13.5. The lowest BCUT2D eigenvalue weighted by atomic mass is 10.1. The van der Waals surface area contributed by atoms with Crippen LogP contribution in [0.3, 0.4) is 0 Å². The Morgan fingerprint density at radius 1 is 0.882 bits per heavy atom. The van der Waals surface area contributed by atoms with Gasteiger partial charge in [-0.2, -0.15) is 0 Å². The summed E-state index contributed by atoms with van der Waals surface area (Å²) in [5.41, 5.74) is 5.16. The third-order valence-corrected chi connectivity index (χ3v) is 6.57. The zero-order chi connectivity index (χ0) is 24.5. The molecule has 0 aromatic heterocycles. The topological polar surface area (TPSA) is 76.7 Å². The van der Waals surface area contributed by atoms with E-state index < -0.39 is 0 Å². The van der Waals surface area contributed by atoms with E-state index >= 15 is 0 Å². The van der Waals surface area contributed by atoms with E-state index in [0.29, 0.717) is 17.8 Å². The second-order valence-corrected chi connectivity index (χ2v) is 8.94. The minimum Gasteiger partial charge on any atom is -0.371 e. The van der Waals surface area contributed by atoms with Crippen LogP contribution in [0.2, 0.25) is 0 Å². The summed E-state index contributed by atoms with van der Waals surface area (Å²) < 4.78 is 0. The molecule has 3 rings (SSSR count). The van der Waals surface area contributed by atoms with Crippen LogP contribution in [-0.2, 0) is 0 Å². The highest BCUT2D eigenvalue weighted by Gasteiger charge is 2.20. The fourth-order valence-electron chi connectivity index (χ4n) is 4.28. The Kier molecular flexibility index (Phi) is 9.33. The van der Waals surface area contributed by atoms with E-state index in [2.05, 4.69) is 39.6 Å². The molecule has 0 bridgehead atoms. The van der Waals surface area contributed by atoms with Crippen molar-refractivity contribution in [3.63, 3.8) is 0 Å². The second kappa shape index (κ2) is 12.4. The van der Waals surface area contributed by atoms with Crippen molar-refractivity contribution >= 4 is 29.0 Å². The number of aryl methyl sites for hydroxylation is 2. The minimum absolute atomic E-state index is 0.106. The van der Waals surface area contributed by atoms with Crippen LogP contribution in [0, 0.1) is 13.8 Å². The Balaban J connectivity index is 1.74. The van der Waals surface area contributed by atoms with Gasteiger partial charge in [-0.3, -0.25) is 4.79 Å². The number of carbonyl (C=O) groups excluding carboxylic acids is 2. The molecule has 0 unspecified atom stereocenters. The highest BCUT2D eigenvalue weighted by molar-refractivity contribution is 6.04. The predicted octanol–water partition coefficient (Wildman–Crippen LogP) is 5.01. The number of likely N-dealkylation sites (N-methyl/N-ethyl adjacent to an activating group) is 1. The number of anilines is 3. The maximum Gasteiger partial charge on any atom is 0.323 e. The second-order valence-electron chi connectivity index (χ2n) is 8.94. The van der Waals surface area contributed by atoms with Gasteiger partial charge in [0, 0.05) is 43.2 Å². The fraction of sp³-hybridized carbons (Fsp3) is 0.481. The Morgan fingerprint density at radius 3 is 2.18 bits per heavy atom. The van der Waals surface area contributed by atoms with Gasteiger partial charge >= 0.3 is 6.03 Å². The number of nitrogens with zero attached hydrogens (tertiary/aromatic N) is 2. The van der Waals surface area contributed by atoms with Crippen molar-refractivity contribution in [2.24, 2.45) is 0 Å². The summed E-state index contributed by atoms with van der Waals surface area (Å²) in [6, 6.07) is 11.1. The molecule has 7 nitrogen and oxygen atoms in total. The molecule has 0 saturated carbocycles. The number of rotatable bonds is 9. The fourth-order valence-corrected chi connectivity index (χ4v) is 4.28. The van der Waals surface area contributed by atoms with Crippen molar-refractivity contribution in [3.05, 3.63) is 53.1 Å². The molecule has 2 aromatic carbocycles. The Labute approximate surface area is 203 Å². The van der Waals surface area contributed by atoms with Crippen molar-refractivity contribution in [2.75, 3.05) is 54.8 Å². The van der Waals surface area contributed by atoms with Crippen molar-refractivity contribution in [1.82, 2.24) is 10.2 Å². The van der Waals surface area contributed by atoms with Crippen molar-refractivity contribution < 1.29 is 9.59 Å². The first-order chi connectivity index (χ1) is 16.4. The van der Waals surface area contributed by atoms with E-state index in [1.807, 2.05) is 44.2 Å². The van der Waals surface area contributed by atoms with Crippen molar-refractivity contribution in [2.45, 2.75) is 47.0 Å². The zero-order valence-corrected chi connectivity index (χ0v) is 21.0. The maximum atomic E-state index is 13.2. The van der Waals surface area contributed by atoms with Crippen LogP contribution < -0.4 is 20.9 Å². The van der Waals surface area contributed by atoms with Crippen LogP contribution in [0.5, 0.6) is 0 Å². The van der Waals surface area contributed by atoms with E-state index in [1.54, 1.807) is 6.07 Å². The lowest BCUT2D eigenvalue weighted by Crippen LogP contribution is -2.36. The highest BCUT2D eigenvalue weighted by atomic mass is 16.2. The number of nitrogens with one attached hydrogen (secondary N) is 3. The third-order valence-electron chi connectivity index (χ3n) is 6.57. The van der Waals surface area contributed by atoms with Gasteiger partial charge in [0.15, 0.2) is 0 Å². The van der Waals surface area contributed by atoms with Gasteiger partial charge in [-0.15, -0.1) is 0 Å². The van der Waals surface area contributed by atoms with Crippen LogP contribution >= 0.6 is 0 Å². The van der Waals surface area contributed by atoms with Crippen LogP contribution in [0.1, 0.15) is 54.6 Å². The molecule has 3 N–H and O–H groups in total. The molecule has 1 aliphatic heterocycles. The number of urea groups is 1. The normalized spacial score (nSPS) is 13.6. The Morgan fingerprint density at radius 2 is 1.53 bits per heavy atom. The van der Waals surface area contributed by atoms with Crippen LogP contribution in [0.4, 0.5) is 21.9 Å². The molecule has 3 amide bonds. The summed E-state index contributed by atoms with van der Waals surface area (Å²) in [5.74, 6) is -0.106. The van der Waals surface area contributed by atoms with E-state index in [0.717, 1.165) is 62.5 Å². The van der Waals surface area contributed by atoms with Gasteiger partial charge in [0.05, 0.1) is 5.56 Å². The first-order valence-electron chi connectivity index (χ1n) is 12.5. The molecule has 0 atom stereocenters. The number of amides is 3. The summed E-state index contributed by atoms with van der Waals surface area (Å²) in [5, 5.41) is 8.84. The first kappa shape index (κ1) is 25.6. The molecule has 184 valence electrons. The lowest BCUT2D eigenvalue weighted by molar-refractivity contribution is 0.0949. The van der Waals surface area contributed by atoms with Crippen molar-refractivity contribution in [3.8, 4) is 0 Å². The predicted molar refractivity (Wildman–Crippen MR) is 141 cm³/mol. The highest BCUT2D eigenvalue weighted by Crippen LogP contribution is 2.27. The largest absolute Gasteiger partial charge is 0.371 e. The SMILES string of the molecule is CCN(CC)CCNC(=O)c1cc(NC(=O)Nc2ccc(C)c(C)c2)ccc1N1CCCCC1. The molecule has 34 heavy (non-hydrogen) atoms. The third kappa shape index (κ3) is 6.97. The standard InChI is InChI=1S/C27H39N5O2/c1-5-31(6-2)17-14-28-26(33)24-19-23(12-13-25(24)32-15-8-7-9-16-32)30-27(34)29-22-11-10-20(3)21(4)18-22/h10-13,18-19H,5-9,14-17H2,1-4H3,(H,28,33)(H2,29,30,34). The van der Waals surface area contributed by atoms with Crippen molar-refractivity contribution in [1.29, 1.82) is 0 Å². The van der Waals surface area contributed by atoms with Crippen LogP contribution in [-0.4, -0.2) is 56.1 Å². The minimum atomic E-state index is -0.332. The first-order valence-corrected chi connectivity index (χ1v) is 12.5. The quantitative estimate of drug-likeness (QED) is 0.487. The van der Waals surface area contributed by atoms with Gasteiger partial charge in [0.1, 0.15) is 0 Å². The van der Waals surface area contributed by atoms with Gasteiger partial charge in [-0.05, 0) is 87.7 Å². The van der Waals surface area contributed by atoms with E-state index in [4.69, 9.17) is 0 Å². The molecule has 0 spiro atoms. The molecule has 1 heterocycles. The summed E-state index contributed by atoms with van der Waals surface area (Å²) in [6.07, 6.45) is 3.48. The molecule has 7 heteroatoms. The summed E-state index contributed by atoms with van der Waals surface area (Å²) in [4.78, 5) is 30.4. The molecule has 1 fully saturated rings. The monoisotopic (exact) mass is 465 g/mol. The van der Waals surface area contributed by atoms with Gasteiger partial charge in [0.2, 0.25) is 0 Å². The number of hydrogen-bond acceptors (Lipinski definition) is 4. The van der Waals surface area contributed by atoms with E-state index in [9.17, 15) is 9.59 Å². The maximum absolute atomic E-state index is 13.2. The molecule has 0 aliphatic carbocycles. The summed E-state index contributed by atoms with van der Waals surface area (Å²) >= 11 is 0. The number of carbonyl (C=O) groups is 2. The summed E-state index contributed by atoms with van der Waals surface area (Å²) in [7, 11) is 0. The molecule has 0 radical (unpaired) electrons. The molecular weight excluding hydrogens is 426 g/mol. The molecule has 1 aliphatic rings. The van der Waals surface area contributed by atoms with Crippen LogP contribution in [0.25, 0.3) is 0 Å². The number of benzene rings is 2. The number of hydrogen-bond donors (Lipinski definition) is 3. The average molecular weight is 466 g/mol. The Bertz CT molecular complexity index is 981. The van der Waals surface area contributed by atoms with Gasteiger partial charge < -0.3 is 25.8 Å².